The number of aliphatic hydroxyl groups is 1. The van der Waals surface area contributed by atoms with Gasteiger partial charge in [-0.2, -0.15) is 0 Å². The van der Waals surface area contributed by atoms with E-state index in [0.29, 0.717) is 48.6 Å². The van der Waals surface area contributed by atoms with Crippen LogP contribution in [0.1, 0.15) is 28.9 Å². The Labute approximate surface area is 168 Å². The minimum atomic E-state index is -0.343. The number of hydrogen-bond acceptors (Lipinski definition) is 3. The SMILES string of the molecule is Cc1c(C(=O)CN2CCC(O)CC2)c2ccc(F)cc2n1-c1ccc(Cl)cc1. The van der Waals surface area contributed by atoms with Gasteiger partial charge in [-0.1, -0.05) is 11.6 Å². The van der Waals surface area contributed by atoms with E-state index < -0.39 is 0 Å². The molecule has 0 saturated carbocycles. The summed E-state index contributed by atoms with van der Waals surface area (Å²) in [6, 6.07) is 11.8. The number of likely N-dealkylation sites (tertiary alicyclic amines) is 1. The number of carbonyl (C=O) groups excluding carboxylic acids is 1. The molecule has 1 aliphatic rings. The number of aromatic nitrogens is 1. The van der Waals surface area contributed by atoms with Crippen molar-refractivity contribution in [3.8, 4) is 5.69 Å². The minimum absolute atomic E-state index is 0.0122. The van der Waals surface area contributed by atoms with Gasteiger partial charge in [0, 0.05) is 40.4 Å². The Bertz CT molecular complexity index is 1020. The van der Waals surface area contributed by atoms with Crippen molar-refractivity contribution in [3.63, 3.8) is 0 Å². The van der Waals surface area contributed by atoms with Gasteiger partial charge in [-0.05, 0) is 62.2 Å². The molecular weight excluding hydrogens is 379 g/mol. The first kappa shape index (κ1) is 19.1. The van der Waals surface area contributed by atoms with Gasteiger partial charge in [0.25, 0.3) is 0 Å². The third kappa shape index (κ3) is 3.58. The summed E-state index contributed by atoms with van der Waals surface area (Å²) in [7, 11) is 0. The number of rotatable bonds is 4. The van der Waals surface area contributed by atoms with E-state index in [9.17, 15) is 14.3 Å². The van der Waals surface area contributed by atoms with Crippen LogP contribution in [0.2, 0.25) is 5.02 Å². The van der Waals surface area contributed by atoms with E-state index in [1.54, 1.807) is 18.2 Å². The third-order valence-electron chi connectivity index (χ3n) is 5.46. The van der Waals surface area contributed by atoms with Crippen molar-refractivity contribution in [3.05, 3.63) is 64.6 Å². The quantitative estimate of drug-likeness (QED) is 0.661. The Kier molecular flexibility index (Phi) is 5.23. The van der Waals surface area contributed by atoms with Crippen molar-refractivity contribution >= 4 is 28.3 Å². The van der Waals surface area contributed by atoms with E-state index in [2.05, 4.69) is 4.90 Å². The molecule has 0 aliphatic carbocycles. The number of Topliss-reactive ketones (excluding diaryl/α,β-unsaturated/α-hetero) is 1. The summed E-state index contributed by atoms with van der Waals surface area (Å²) in [5.74, 6) is -0.331. The Morgan fingerprint density at radius 1 is 1.18 bits per heavy atom. The maximum atomic E-state index is 14.0. The maximum Gasteiger partial charge on any atom is 0.179 e. The van der Waals surface area contributed by atoms with Crippen LogP contribution in [-0.2, 0) is 0 Å². The molecule has 28 heavy (non-hydrogen) atoms. The molecule has 1 fully saturated rings. The van der Waals surface area contributed by atoms with Gasteiger partial charge in [0.1, 0.15) is 5.82 Å². The van der Waals surface area contributed by atoms with Crippen molar-refractivity contribution < 1.29 is 14.3 Å². The highest BCUT2D eigenvalue weighted by Gasteiger charge is 2.25. The second-order valence-electron chi connectivity index (χ2n) is 7.36. The lowest BCUT2D eigenvalue weighted by Gasteiger charge is -2.28. The summed E-state index contributed by atoms with van der Waals surface area (Å²) >= 11 is 6.01. The van der Waals surface area contributed by atoms with E-state index >= 15 is 0 Å². The lowest BCUT2D eigenvalue weighted by atomic mass is 10.0. The molecular formula is C22H22ClFN2O2. The Morgan fingerprint density at radius 3 is 2.54 bits per heavy atom. The van der Waals surface area contributed by atoms with Crippen LogP contribution in [0.3, 0.4) is 0 Å². The summed E-state index contributed by atoms with van der Waals surface area (Å²) in [6.45, 7) is 3.59. The van der Waals surface area contributed by atoms with Crippen LogP contribution in [-0.4, -0.2) is 46.1 Å². The molecule has 0 radical (unpaired) electrons. The molecule has 3 aromatic rings. The number of halogens is 2. The zero-order valence-corrected chi connectivity index (χ0v) is 16.4. The molecule has 0 unspecified atom stereocenters. The first-order valence-corrected chi connectivity index (χ1v) is 9.82. The molecule has 2 heterocycles. The Hall–Kier alpha value is -2.21. The zero-order valence-electron chi connectivity index (χ0n) is 15.7. The maximum absolute atomic E-state index is 14.0. The third-order valence-corrected chi connectivity index (χ3v) is 5.71. The summed E-state index contributed by atoms with van der Waals surface area (Å²) in [6.07, 6.45) is 1.09. The molecule has 1 aromatic heterocycles. The van der Waals surface area contributed by atoms with Crippen LogP contribution in [0.4, 0.5) is 4.39 Å². The molecule has 4 nitrogen and oxygen atoms in total. The monoisotopic (exact) mass is 400 g/mol. The van der Waals surface area contributed by atoms with E-state index in [4.69, 9.17) is 11.6 Å². The molecule has 1 saturated heterocycles. The standard InChI is InChI=1S/C22H22ClFN2O2/c1-14-22(21(28)13-25-10-8-18(27)9-11-25)19-7-4-16(24)12-20(19)26(14)17-5-2-15(23)3-6-17/h2-7,12,18,27H,8-11,13H2,1H3. The number of hydrogen-bond donors (Lipinski definition) is 1. The van der Waals surface area contributed by atoms with Crippen LogP contribution in [0.5, 0.6) is 0 Å². The largest absolute Gasteiger partial charge is 0.393 e. The highest BCUT2D eigenvalue weighted by atomic mass is 35.5. The fourth-order valence-electron chi connectivity index (χ4n) is 4.02. The highest BCUT2D eigenvalue weighted by molar-refractivity contribution is 6.30. The van der Waals surface area contributed by atoms with Crippen LogP contribution in [0.25, 0.3) is 16.6 Å². The van der Waals surface area contributed by atoms with Crippen LogP contribution < -0.4 is 0 Å². The smallest absolute Gasteiger partial charge is 0.179 e. The number of fused-ring (bicyclic) bond motifs is 1. The molecule has 146 valence electrons. The number of benzene rings is 2. The minimum Gasteiger partial charge on any atom is -0.393 e. The molecule has 0 amide bonds. The predicted octanol–water partition coefficient (Wildman–Crippen LogP) is 4.37. The molecule has 0 spiro atoms. The first-order valence-electron chi connectivity index (χ1n) is 9.44. The summed E-state index contributed by atoms with van der Waals surface area (Å²) in [5, 5.41) is 11.0. The molecule has 6 heteroatoms. The van der Waals surface area contributed by atoms with Gasteiger partial charge in [-0.25, -0.2) is 4.39 Å². The molecule has 1 N–H and O–H groups in total. The van der Waals surface area contributed by atoms with Gasteiger partial charge < -0.3 is 9.67 Å². The van der Waals surface area contributed by atoms with Gasteiger partial charge in [0.2, 0.25) is 0 Å². The lowest BCUT2D eigenvalue weighted by molar-refractivity contribution is 0.0711. The molecule has 0 atom stereocenters. The van der Waals surface area contributed by atoms with Crippen LogP contribution in [0, 0.1) is 12.7 Å². The van der Waals surface area contributed by atoms with Gasteiger partial charge in [-0.3, -0.25) is 9.69 Å². The number of ketones is 1. The van der Waals surface area contributed by atoms with Crippen molar-refractivity contribution in [1.29, 1.82) is 0 Å². The van der Waals surface area contributed by atoms with E-state index in [-0.39, 0.29) is 17.7 Å². The van der Waals surface area contributed by atoms with Crippen molar-refractivity contribution in [2.24, 2.45) is 0 Å². The Balaban J connectivity index is 1.77. The van der Waals surface area contributed by atoms with Crippen LogP contribution in [0.15, 0.2) is 42.5 Å². The summed E-state index contributed by atoms with van der Waals surface area (Å²) in [4.78, 5) is 15.3. The summed E-state index contributed by atoms with van der Waals surface area (Å²) in [5.41, 5.74) is 2.90. The average Bonchev–Trinajstić information content (AvgIpc) is 2.95. The number of piperidine rings is 1. The molecule has 0 bridgehead atoms. The average molecular weight is 401 g/mol. The number of carbonyl (C=O) groups is 1. The van der Waals surface area contributed by atoms with Crippen molar-refractivity contribution in [2.45, 2.75) is 25.9 Å². The van der Waals surface area contributed by atoms with Crippen molar-refractivity contribution in [2.75, 3.05) is 19.6 Å². The predicted molar refractivity (Wildman–Crippen MR) is 109 cm³/mol. The van der Waals surface area contributed by atoms with E-state index in [1.807, 2.05) is 23.6 Å². The summed E-state index contributed by atoms with van der Waals surface area (Å²) < 4.78 is 15.9. The lowest BCUT2D eigenvalue weighted by Crippen LogP contribution is -2.39. The van der Waals surface area contributed by atoms with Gasteiger partial charge in [-0.15, -0.1) is 0 Å². The van der Waals surface area contributed by atoms with Crippen molar-refractivity contribution in [1.82, 2.24) is 9.47 Å². The second kappa shape index (κ2) is 7.66. The number of nitrogens with zero attached hydrogens (tertiary/aromatic N) is 2. The van der Waals surface area contributed by atoms with Gasteiger partial charge in [0.05, 0.1) is 18.2 Å². The molecule has 1 aliphatic heterocycles. The molecule has 4 rings (SSSR count). The first-order chi connectivity index (χ1) is 13.4. The Morgan fingerprint density at radius 2 is 1.86 bits per heavy atom. The van der Waals surface area contributed by atoms with E-state index in [1.165, 1.54) is 12.1 Å². The molecule has 2 aromatic carbocycles. The van der Waals surface area contributed by atoms with E-state index in [0.717, 1.165) is 16.8 Å². The van der Waals surface area contributed by atoms with Gasteiger partial charge >= 0.3 is 0 Å². The van der Waals surface area contributed by atoms with Gasteiger partial charge in [0.15, 0.2) is 5.78 Å². The zero-order chi connectivity index (χ0) is 19.8. The highest BCUT2D eigenvalue weighted by Crippen LogP contribution is 2.31. The fraction of sp³-hybridized carbons (Fsp3) is 0.318. The second-order valence-corrected chi connectivity index (χ2v) is 7.80. The number of aliphatic hydroxyl groups excluding tert-OH is 1. The van der Waals surface area contributed by atoms with Crippen LogP contribution >= 0.6 is 11.6 Å². The topological polar surface area (TPSA) is 45.5 Å². The normalized spacial score (nSPS) is 16.0. The fourth-order valence-corrected chi connectivity index (χ4v) is 4.15.